The van der Waals surface area contributed by atoms with Crippen LogP contribution in [0, 0.1) is 0 Å². The number of carboxylic acid groups (broad SMARTS) is 1. The Morgan fingerprint density at radius 1 is 0.808 bits per heavy atom. The van der Waals surface area contributed by atoms with Crippen molar-refractivity contribution >= 4 is 5.97 Å². The second kappa shape index (κ2) is 18.2. The summed E-state index contributed by atoms with van der Waals surface area (Å²) in [5, 5.41) is 8.74. The molecular formula is C22H40O3Zn. The smallest absolute Gasteiger partial charge is 0.335 e. The number of ether oxygens (including phenoxy) is 1. The predicted molar refractivity (Wildman–Crippen MR) is 105 cm³/mol. The third-order valence-electron chi connectivity index (χ3n) is 5.08. The fourth-order valence-corrected chi connectivity index (χ4v) is 3.35. The van der Waals surface area contributed by atoms with Crippen LogP contribution in [0.5, 0.6) is 0 Å². The van der Waals surface area contributed by atoms with E-state index in [4.69, 9.17) is 9.84 Å². The van der Waals surface area contributed by atoms with Gasteiger partial charge >= 0.3 is 5.97 Å². The normalized spacial score (nSPS) is 18.8. The van der Waals surface area contributed by atoms with Crippen LogP contribution in [0.25, 0.3) is 0 Å². The van der Waals surface area contributed by atoms with Gasteiger partial charge in [-0.15, -0.1) is 0 Å². The van der Waals surface area contributed by atoms with Crippen molar-refractivity contribution in [1.82, 2.24) is 0 Å². The Balaban J connectivity index is 0.00000625. The fraction of sp³-hybridized carbons (Fsp3) is 0.864. The van der Waals surface area contributed by atoms with Gasteiger partial charge in [0.1, 0.15) is 0 Å². The van der Waals surface area contributed by atoms with E-state index in [1.807, 2.05) is 0 Å². The van der Waals surface area contributed by atoms with Crippen LogP contribution in [0.3, 0.4) is 0 Å². The Kier molecular flexibility index (Phi) is 18.0. The van der Waals surface area contributed by atoms with Gasteiger partial charge in [0.25, 0.3) is 0 Å². The number of carbonyl (C=O) groups is 1. The fourth-order valence-electron chi connectivity index (χ4n) is 3.35. The number of epoxide rings is 1. The molecule has 148 valence electrons. The zero-order chi connectivity index (χ0) is 18.2. The molecule has 1 rings (SSSR count). The Bertz CT molecular complexity index is 357. The summed E-state index contributed by atoms with van der Waals surface area (Å²) in [6, 6.07) is 0. The summed E-state index contributed by atoms with van der Waals surface area (Å²) < 4.78 is 5.10. The second-order valence-electron chi connectivity index (χ2n) is 7.51. The van der Waals surface area contributed by atoms with Crippen LogP contribution in [0.2, 0.25) is 0 Å². The van der Waals surface area contributed by atoms with E-state index < -0.39 is 12.1 Å². The van der Waals surface area contributed by atoms with Crippen LogP contribution < -0.4 is 0 Å². The van der Waals surface area contributed by atoms with Gasteiger partial charge in [-0.05, 0) is 32.1 Å². The molecule has 0 bridgehead atoms. The molecule has 1 aliphatic rings. The minimum atomic E-state index is -0.800. The zero-order valence-corrected chi connectivity index (χ0v) is 20.1. The average Bonchev–Trinajstić information content (AvgIpc) is 3.37. The predicted octanol–water partition coefficient (Wildman–Crippen LogP) is 6.65. The molecule has 1 heterocycles. The Morgan fingerprint density at radius 3 is 1.73 bits per heavy atom. The molecule has 2 atom stereocenters. The first-order chi connectivity index (χ1) is 12.3. The van der Waals surface area contributed by atoms with Gasteiger partial charge in [-0.3, -0.25) is 0 Å². The second-order valence-corrected chi connectivity index (χ2v) is 7.51. The maximum atomic E-state index is 10.6. The van der Waals surface area contributed by atoms with Gasteiger partial charge in [-0.1, -0.05) is 89.7 Å². The molecule has 0 radical (unpaired) electrons. The quantitative estimate of drug-likeness (QED) is 0.117. The van der Waals surface area contributed by atoms with E-state index in [0.29, 0.717) is 0 Å². The van der Waals surface area contributed by atoms with E-state index in [2.05, 4.69) is 19.1 Å². The van der Waals surface area contributed by atoms with Crippen molar-refractivity contribution in [3.05, 3.63) is 12.2 Å². The number of aliphatic carboxylic acids is 1. The van der Waals surface area contributed by atoms with E-state index in [1.54, 1.807) is 0 Å². The standard InChI is InChI=1S/C22H40O3.Zn/c1-2-3-4-5-6-7-8-9-10-11-12-13-14-15-16-17-18-19-20-21(25-20)22(23)24;/h9-10,20-21H,2-8,11-19H2,1H3,(H,23,24);/b10-9-;. The average molecular weight is 418 g/mol. The number of hydrogen-bond donors (Lipinski definition) is 1. The van der Waals surface area contributed by atoms with Crippen LogP contribution in [0.4, 0.5) is 0 Å². The van der Waals surface area contributed by atoms with Gasteiger partial charge in [-0.25, -0.2) is 4.79 Å². The van der Waals surface area contributed by atoms with Gasteiger partial charge < -0.3 is 9.84 Å². The third kappa shape index (κ3) is 14.9. The molecule has 0 amide bonds. The molecule has 4 heteroatoms. The molecular weight excluding hydrogens is 378 g/mol. The molecule has 0 spiro atoms. The number of allylic oxidation sites excluding steroid dienone is 2. The molecule has 0 aromatic carbocycles. The van der Waals surface area contributed by atoms with Gasteiger partial charge in [0, 0.05) is 19.5 Å². The van der Waals surface area contributed by atoms with Crippen molar-refractivity contribution < 1.29 is 34.1 Å². The topological polar surface area (TPSA) is 49.8 Å². The molecule has 0 aliphatic carbocycles. The summed E-state index contributed by atoms with van der Waals surface area (Å²) in [6.07, 6.45) is 24.9. The van der Waals surface area contributed by atoms with Crippen molar-refractivity contribution in [3.8, 4) is 0 Å². The van der Waals surface area contributed by atoms with Crippen molar-refractivity contribution in [2.75, 3.05) is 0 Å². The molecule has 26 heavy (non-hydrogen) atoms. The van der Waals surface area contributed by atoms with Gasteiger partial charge in [0.05, 0.1) is 6.10 Å². The molecule has 1 aliphatic heterocycles. The van der Waals surface area contributed by atoms with E-state index in [0.717, 1.165) is 12.8 Å². The first-order valence-electron chi connectivity index (χ1n) is 10.8. The van der Waals surface area contributed by atoms with Crippen molar-refractivity contribution in [1.29, 1.82) is 0 Å². The van der Waals surface area contributed by atoms with Crippen molar-refractivity contribution in [2.24, 2.45) is 0 Å². The maximum Gasteiger partial charge on any atom is 0.335 e. The summed E-state index contributed by atoms with van der Waals surface area (Å²) in [7, 11) is 0. The van der Waals surface area contributed by atoms with Crippen molar-refractivity contribution in [2.45, 2.75) is 122 Å². The van der Waals surface area contributed by atoms with Crippen LogP contribution >= 0.6 is 0 Å². The van der Waals surface area contributed by atoms with E-state index in [9.17, 15) is 4.79 Å². The van der Waals surface area contributed by atoms with E-state index in [-0.39, 0.29) is 25.6 Å². The SMILES string of the molecule is CCCCCCCC/C=C\CCCCCCCCCC1OC1C(=O)O.[Zn]. The van der Waals surface area contributed by atoms with E-state index in [1.165, 1.54) is 89.9 Å². The van der Waals surface area contributed by atoms with Gasteiger partial charge in [0.2, 0.25) is 0 Å². The van der Waals surface area contributed by atoms with Gasteiger partial charge in [-0.2, -0.15) is 0 Å². The van der Waals surface area contributed by atoms with E-state index >= 15 is 0 Å². The molecule has 1 N–H and O–H groups in total. The summed E-state index contributed by atoms with van der Waals surface area (Å²) >= 11 is 0. The van der Waals surface area contributed by atoms with Crippen LogP contribution in [-0.2, 0) is 29.0 Å². The Morgan fingerprint density at radius 2 is 1.27 bits per heavy atom. The molecule has 1 saturated heterocycles. The number of rotatable bonds is 18. The number of carboxylic acids is 1. The third-order valence-corrected chi connectivity index (χ3v) is 5.08. The van der Waals surface area contributed by atoms with Gasteiger partial charge in [0.15, 0.2) is 6.10 Å². The molecule has 2 unspecified atom stereocenters. The molecule has 3 nitrogen and oxygen atoms in total. The zero-order valence-electron chi connectivity index (χ0n) is 17.1. The first-order valence-corrected chi connectivity index (χ1v) is 10.8. The summed E-state index contributed by atoms with van der Waals surface area (Å²) in [5.41, 5.74) is 0. The minimum Gasteiger partial charge on any atom is -0.479 e. The Hall–Kier alpha value is -0.207. The van der Waals surface area contributed by atoms with Crippen LogP contribution in [0.15, 0.2) is 12.2 Å². The largest absolute Gasteiger partial charge is 0.479 e. The molecule has 0 aromatic heterocycles. The molecule has 0 aromatic rings. The van der Waals surface area contributed by atoms with Crippen LogP contribution in [-0.4, -0.2) is 23.3 Å². The first kappa shape index (κ1) is 25.8. The number of hydrogen-bond acceptors (Lipinski definition) is 2. The molecule has 1 fully saturated rings. The summed E-state index contributed by atoms with van der Waals surface area (Å²) in [6.45, 7) is 2.27. The Labute approximate surface area is 174 Å². The number of unbranched alkanes of at least 4 members (excludes halogenated alkanes) is 13. The monoisotopic (exact) mass is 416 g/mol. The summed E-state index contributed by atoms with van der Waals surface area (Å²) in [5.74, 6) is -0.800. The summed E-state index contributed by atoms with van der Waals surface area (Å²) in [4.78, 5) is 10.6. The van der Waals surface area contributed by atoms with Crippen LogP contribution in [0.1, 0.15) is 110 Å². The van der Waals surface area contributed by atoms with Crippen molar-refractivity contribution in [3.63, 3.8) is 0 Å². The molecule has 0 saturated carbocycles. The maximum absolute atomic E-state index is 10.6. The minimum absolute atomic E-state index is 0.